The molecule has 0 heterocycles. The fraction of sp³-hybridized carbons (Fsp3) is 0.917. The van der Waals surface area contributed by atoms with Gasteiger partial charge in [-0.3, -0.25) is 4.79 Å². The number of carbonyl (C=O) groups excluding carboxylic acids is 1. The Morgan fingerprint density at radius 2 is 2.00 bits per heavy atom. The van der Waals surface area contributed by atoms with E-state index in [1.54, 1.807) is 6.92 Å². The molecule has 0 aromatic heterocycles. The number of hydrogen-bond acceptors (Lipinski definition) is 2. The van der Waals surface area contributed by atoms with E-state index in [4.69, 9.17) is 5.73 Å². The average molecular weight is 303 g/mol. The SMILES string of the molecule is CC(N)CCC(=O)N(CCC(F)(F)F)CC1CC1.Cl. The predicted octanol–water partition coefficient (Wildman–Crippen LogP) is 2.73. The smallest absolute Gasteiger partial charge is 0.342 e. The largest absolute Gasteiger partial charge is 0.390 e. The Bertz CT molecular complexity index is 281. The number of nitrogens with two attached hydrogens (primary N) is 1. The Hall–Kier alpha value is -0.490. The van der Waals surface area contributed by atoms with Crippen LogP contribution in [0.5, 0.6) is 0 Å². The Morgan fingerprint density at radius 3 is 2.42 bits per heavy atom. The average Bonchev–Trinajstić information content (AvgIpc) is 3.03. The van der Waals surface area contributed by atoms with Gasteiger partial charge in [0.1, 0.15) is 0 Å². The lowest BCUT2D eigenvalue weighted by Gasteiger charge is -2.23. The zero-order valence-electron chi connectivity index (χ0n) is 11.1. The molecule has 1 fully saturated rings. The van der Waals surface area contributed by atoms with Crippen molar-refractivity contribution in [3.05, 3.63) is 0 Å². The molecule has 1 saturated carbocycles. The van der Waals surface area contributed by atoms with Gasteiger partial charge in [-0.25, -0.2) is 0 Å². The van der Waals surface area contributed by atoms with E-state index >= 15 is 0 Å². The minimum atomic E-state index is -4.21. The van der Waals surface area contributed by atoms with Crippen LogP contribution in [0.2, 0.25) is 0 Å². The third kappa shape index (κ3) is 9.10. The van der Waals surface area contributed by atoms with Crippen molar-refractivity contribution in [3.63, 3.8) is 0 Å². The molecular weight excluding hydrogens is 281 g/mol. The van der Waals surface area contributed by atoms with Gasteiger partial charge in [-0.2, -0.15) is 13.2 Å². The second kappa shape index (κ2) is 7.94. The van der Waals surface area contributed by atoms with Crippen molar-refractivity contribution < 1.29 is 18.0 Å². The van der Waals surface area contributed by atoms with Crippen LogP contribution in [-0.4, -0.2) is 36.1 Å². The van der Waals surface area contributed by atoms with Crippen molar-refractivity contribution in [2.75, 3.05) is 13.1 Å². The third-order valence-corrected chi connectivity index (χ3v) is 3.01. The molecule has 1 rings (SSSR count). The van der Waals surface area contributed by atoms with Crippen molar-refractivity contribution in [3.8, 4) is 0 Å². The van der Waals surface area contributed by atoms with E-state index < -0.39 is 12.6 Å². The number of rotatable bonds is 7. The maximum Gasteiger partial charge on any atom is 0.390 e. The van der Waals surface area contributed by atoms with Gasteiger partial charge >= 0.3 is 6.18 Å². The highest BCUT2D eigenvalue weighted by atomic mass is 35.5. The van der Waals surface area contributed by atoms with Gasteiger partial charge in [-0.15, -0.1) is 12.4 Å². The summed E-state index contributed by atoms with van der Waals surface area (Å²) < 4.78 is 36.6. The van der Waals surface area contributed by atoms with Crippen molar-refractivity contribution in [1.82, 2.24) is 4.90 Å². The molecule has 2 N–H and O–H groups in total. The monoisotopic (exact) mass is 302 g/mol. The molecule has 0 saturated heterocycles. The van der Waals surface area contributed by atoms with Crippen LogP contribution in [0.1, 0.15) is 39.0 Å². The zero-order chi connectivity index (χ0) is 13.8. The minimum absolute atomic E-state index is 0. The van der Waals surface area contributed by atoms with E-state index in [9.17, 15) is 18.0 Å². The van der Waals surface area contributed by atoms with E-state index in [2.05, 4.69) is 0 Å². The van der Waals surface area contributed by atoms with E-state index in [-0.39, 0.29) is 37.3 Å². The van der Waals surface area contributed by atoms with Gasteiger partial charge in [0.05, 0.1) is 6.42 Å². The zero-order valence-corrected chi connectivity index (χ0v) is 11.9. The second-order valence-corrected chi connectivity index (χ2v) is 5.16. The maximum atomic E-state index is 12.2. The summed E-state index contributed by atoms with van der Waals surface area (Å²) in [5, 5.41) is 0. The number of nitrogens with zero attached hydrogens (tertiary/aromatic N) is 1. The lowest BCUT2D eigenvalue weighted by atomic mass is 10.1. The molecule has 19 heavy (non-hydrogen) atoms. The highest BCUT2D eigenvalue weighted by Crippen LogP contribution is 2.30. The summed E-state index contributed by atoms with van der Waals surface area (Å²) in [6, 6.07) is -0.0978. The van der Waals surface area contributed by atoms with Crippen molar-refractivity contribution in [2.24, 2.45) is 11.7 Å². The van der Waals surface area contributed by atoms with Crippen molar-refractivity contribution >= 4 is 18.3 Å². The van der Waals surface area contributed by atoms with Crippen LogP contribution < -0.4 is 5.73 Å². The van der Waals surface area contributed by atoms with Crippen LogP contribution in [0.25, 0.3) is 0 Å². The molecule has 3 nitrogen and oxygen atoms in total. The summed E-state index contributed by atoms with van der Waals surface area (Å²) in [7, 11) is 0. The Morgan fingerprint density at radius 1 is 1.42 bits per heavy atom. The molecule has 0 aromatic carbocycles. The minimum Gasteiger partial charge on any atom is -0.342 e. The summed E-state index contributed by atoms with van der Waals surface area (Å²) >= 11 is 0. The highest BCUT2D eigenvalue weighted by Gasteiger charge is 2.31. The fourth-order valence-corrected chi connectivity index (χ4v) is 1.70. The van der Waals surface area contributed by atoms with Gasteiger partial charge in [0.15, 0.2) is 0 Å². The molecule has 1 aliphatic carbocycles. The number of halogens is 4. The van der Waals surface area contributed by atoms with Gasteiger partial charge in [-0.05, 0) is 32.1 Å². The number of amides is 1. The molecule has 0 spiro atoms. The summed E-state index contributed by atoms with van der Waals surface area (Å²) in [5.41, 5.74) is 5.55. The lowest BCUT2D eigenvalue weighted by Crippen LogP contribution is -2.36. The van der Waals surface area contributed by atoms with Crippen molar-refractivity contribution in [2.45, 2.75) is 51.2 Å². The molecule has 114 valence electrons. The number of carbonyl (C=O) groups is 1. The molecule has 0 aliphatic heterocycles. The third-order valence-electron chi connectivity index (χ3n) is 3.01. The van der Waals surface area contributed by atoms with Crippen LogP contribution in [-0.2, 0) is 4.79 Å². The van der Waals surface area contributed by atoms with Gasteiger partial charge in [-0.1, -0.05) is 0 Å². The maximum absolute atomic E-state index is 12.2. The number of hydrogen-bond donors (Lipinski definition) is 1. The van der Waals surface area contributed by atoms with Gasteiger partial charge in [0.25, 0.3) is 0 Å². The van der Waals surface area contributed by atoms with Gasteiger partial charge in [0, 0.05) is 25.6 Å². The quantitative estimate of drug-likeness (QED) is 0.786. The summed E-state index contributed by atoms with van der Waals surface area (Å²) in [4.78, 5) is 13.2. The van der Waals surface area contributed by atoms with Crippen LogP contribution in [0.15, 0.2) is 0 Å². The van der Waals surface area contributed by atoms with E-state index in [0.29, 0.717) is 18.9 Å². The van der Waals surface area contributed by atoms with E-state index in [1.807, 2.05) is 0 Å². The first kappa shape index (κ1) is 18.5. The first-order valence-electron chi connectivity index (χ1n) is 6.38. The first-order valence-corrected chi connectivity index (χ1v) is 6.38. The van der Waals surface area contributed by atoms with Gasteiger partial charge in [0.2, 0.25) is 5.91 Å². The van der Waals surface area contributed by atoms with E-state index in [0.717, 1.165) is 12.8 Å². The van der Waals surface area contributed by atoms with Crippen LogP contribution in [0, 0.1) is 5.92 Å². The Balaban J connectivity index is 0.00000324. The van der Waals surface area contributed by atoms with E-state index in [1.165, 1.54) is 4.90 Å². The molecule has 1 amide bonds. The molecule has 1 aliphatic rings. The van der Waals surface area contributed by atoms with Crippen LogP contribution in [0.3, 0.4) is 0 Å². The molecule has 0 aromatic rings. The van der Waals surface area contributed by atoms with Crippen LogP contribution in [0.4, 0.5) is 13.2 Å². The summed E-state index contributed by atoms with van der Waals surface area (Å²) in [6.07, 6.45) is -2.34. The highest BCUT2D eigenvalue weighted by molar-refractivity contribution is 5.85. The predicted molar refractivity (Wildman–Crippen MR) is 70.1 cm³/mol. The summed E-state index contributed by atoms with van der Waals surface area (Å²) in [6.45, 7) is 2.03. The second-order valence-electron chi connectivity index (χ2n) is 5.16. The number of alkyl halides is 3. The Labute approximate surface area is 118 Å². The molecule has 1 unspecified atom stereocenters. The lowest BCUT2D eigenvalue weighted by molar-refractivity contribution is -0.145. The fourth-order valence-electron chi connectivity index (χ4n) is 1.70. The summed E-state index contributed by atoms with van der Waals surface area (Å²) in [5.74, 6) is 0.195. The normalized spacial score (nSPS) is 16.7. The van der Waals surface area contributed by atoms with Crippen LogP contribution >= 0.6 is 12.4 Å². The molecule has 1 atom stereocenters. The standard InChI is InChI=1S/C12H21F3N2O.ClH/c1-9(16)2-5-11(18)17(8-10-3-4-10)7-6-12(13,14)15;/h9-10H,2-8,16H2,1H3;1H. The molecule has 0 bridgehead atoms. The molecule has 7 heteroatoms. The molecule has 0 radical (unpaired) electrons. The first-order chi connectivity index (χ1) is 8.28. The van der Waals surface area contributed by atoms with Crippen molar-refractivity contribution in [1.29, 1.82) is 0 Å². The molecular formula is C12H22ClF3N2O. The topological polar surface area (TPSA) is 46.3 Å². The van der Waals surface area contributed by atoms with Gasteiger partial charge < -0.3 is 10.6 Å². The Kier molecular flexibility index (Phi) is 7.74.